The zero-order chi connectivity index (χ0) is 24.6. The Morgan fingerprint density at radius 2 is 1.88 bits per heavy atom. The fourth-order valence-electron chi connectivity index (χ4n) is 3.53. The van der Waals surface area contributed by atoms with Crippen molar-refractivity contribution in [2.75, 3.05) is 7.11 Å². The van der Waals surface area contributed by atoms with Crippen LogP contribution in [-0.2, 0) is 6.18 Å². The first kappa shape index (κ1) is 22.7. The van der Waals surface area contributed by atoms with E-state index in [-0.39, 0.29) is 50.9 Å². The first-order chi connectivity index (χ1) is 16.1. The molecule has 4 rings (SSSR count). The van der Waals surface area contributed by atoms with Crippen LogP contribution in [0.3, 0.4) is 0 Å². The van der Waals surface area contributed by atoms with Crippen LogP contribution in [0.5, 0.6) is 17.5 Å². The normalized spacial score (nSPS) is 11.3. The average Bonchev–Trinajstić information content (AvgIpc) is 2.78. The fourth-order valence-corrected chi connectivity index (χ4v) is 3.53. The fraction of sp³-hybridized carbons (Fsp3) is 0.174. The molecule has 4 aromatic rings. The molecule has 0 saturated carbocycles. The summed E-state index contributed by atoms with van der Waals surface area (Å²) in [4.78, 5) is 27.7. The predicted molar refractivity (Wildman–Crippen MR) is 116 cm³/mol. The van der Waals surface area contributed by atoms with Gasteiger partial charge in [-0.1, -0.05) is 0 Å². The SMILES string of the molecule is COc1nc(C)ccc1Oc1ncc(C(F)(F)F)c(C)c1-c1cc(=O)c2c(C#N)nccc2[nH]1. The summed E-state index contributed by atoms with van der Waals surface area (Å²) in [7, 11) is 1.38. The first-order valence-electron chi connectivity index (χ1n) is 9.82. The molecule has 0 unspecified atom stereocenters. The molecule has 4 aromatic heterocycles. The smallest absolute Gasteiger partial charge is 0.418 e. The van der Waals surface area contributed by atoms with Gasteiger partial charge in [0.25, 0.3) is 5.88 Å². The number of halogens is 3. The van der Waals surface area contributed by atoms with Crippen molar-refractivity contribution >= 4 is 10.9 Å². The Balaban J connectivity index is 1.99. The van der Waals surface area contributed by atoms with Crippen molar-refractivity contribution < 1.29 is 22.6 Å². The van der Waals surface area contributed by atoms with Crippen molar-refractivity contribution in [3.05, 3.63) is 69.4 Å². The predicted octanol–water partition coefficient (Wildman–Crippen LogP) is 4.69. The molecule has 1 N–H and O–H groups in total. The molecule has 0 aliphatic heterocycles. The van der Waals surface area contributed by atoms with Crippen LogP contribution < -0.4 is 14.9 Å². The highest BCUT2D eigenvalue weighted by atomic mass is 19.4. The zero-order valence-electron chi connectivity index (χ0n) is 18.1. The van der Waals surface area contributed by atoms with E-state index < -0.39 is 17.2 Å². The van der Waals surface area contributed by atoms with Gasteiger partial charge in [-0.15, -0.1) is 0 Å². The Morgan fingerprint density at radius 3 is 2.56 bits per heavy atom. The van der Waals surface area contributed by atoms with E-state index in [0.717, 1.165) is 6.07 Å². The van der Waals surface area contributed by atoms with Crippen LogP contribution in [0.15, 0.2) is 41.5 Å². The van der Waals surface area contributed by atoms with Gasteiger partial charge in [0.05, 0.1) is 34.8 Å². The van der Waals surface area contributed by atoms with Crippen molar-refractivity contribution in [2.24, 2.45) is 0 Å². The average molecular weight is 467 g/mol. The van der Waals surface area contributed by atoms with Gasteiger partial charge in [0, 0.05) is 24.2 Å². The summed E-state index contributed by atoms with van der Waals surface area (Å²) in [6.07, 6.45) is -2.71. The molecule has 4 heterocycles. The largest absolute Gasteiger partial charge is 0.478 e. The summed E-state index contributed by atoms with van der Waals surface area (Å²) < 4.78 is 52.1. The minimum atomic E-state index is -4.69. The van der Waals surface area contributed by atoms with Crippen molar-refractivity contribution in [3.8, 4) is 34.8 Å². The third-order valence-corrected chi connectivity index (χ3v) is 5.09. The number of rotatable bonds is 4. The Hall–Kier alpha value is -4.46. The van der Waals surface area contributed by atoms with E-state index in [1.54, 1.807) is 19.1 Å². The summed E-state index contributed by atoms with van der Waals surface area (Å²) in [5.74, 6) is 0.0427. The number of nitrogens with zero attached hydrogens (tertiary/aromatic N) is 4. The van der Waals surface area contributed by atoms with E-state index in [1.165, 1.54) is 26.3 Å². The maximum atomic E-state index is 13.7. The van der Waals surface area contributed by atoms with Crippen LogP contribution in [0.1, 0.15) is 22.5 Å². The molecule has 8 nitrogen and oxygen atoms in total. The molecule has 0 spiro atoms. The van der Waals surface area contributed by atoms with Gasteiger partial charge in [-0.2, -0.15) is 18.4 Å². The number of hydrogen-bond acceptors (Lipinski definition) is 7. The lowest BCUT2D eigenvalue weighted by Crippen LogP contribution is -2.12. The number of nitrogens with one attached hydrogen (secondary N) is 1. The highest BCUT2D eigenvalue weighted by Gasteiger charge is 2.35. The van der Waals surface area contributed by atoms with Gasteiger partial charge in [0.15, 0.2) is 16.9 Å². The molecule has 0 aliphatic rings. The van der Waals surface area contributed by atoms with E-state index in [1.807, 2.05) is 6.07 Å². The minimum absolute atomic E-state index is 0.0257. The monoisotopic (exact) mass is 467 g/mol. The van der Waals surface area contributed by atoms with Crippen LogP contribution in [0.25, 0.3) is 22.2 Å². The lowest BCUT2D eigenvalue weighted by molar-refractivity contribution is -0.138. The standard InChI is InChI=1S/C23H16F3N5O3/c1-11-4-5-18(21(30-11)33-3)34-22-19(12(2)13(10-29-22)23(24,25)26)15-8-17(32)20-14(31-15)6-7-28-16(20)9-27/h4-8,10H,1-3H3,(H,31,32). The van der Waals surface area contributed by atoms with Gasteiger partial charge < -0.3 is 14.5 Å². The molecule has 0 aromatic carbocycles. The van der Waals surface area contributed by atoms with E-state index in [9.17, 15) is 23.2 Å². The number of aryl methyl sites for hydroxylation is 1. The summed E-state index contributed by atoms with van der Waals surface area (Å²) in [5, 5.41) is 9.28. The number of fused-ring (bicyclic) bond motifs is 1. The molecular weight excluding hydrogens is 451 g/mol. The van der Waals surface area contributed by atoms with Crippen LogP contribution in [0.2, 0.25) is 0 Å². The second-order valence-electron chi connectivity index (χ2n) is 7.28. The molecule has 11 heteroatoms. The number of aromatic nitrogens is 4. The Bertz CT molecular complexity index is 1520. The quantitative estimate of drug-likeness (QED) is 0.463. The van der Waals surface area contributed by atoms with Gasteiger partial charge >= 0.3 is 6.18 Å². The van der Waals surface area contributed by atoms with Gasteiger partial charge in [-0.25, -0.2) is 15.0 Å². The Kier molecular flexibility index (Phi) is 5.66. The number of aromatic amines is 1. The summed E-state index contributed by atoms with van der Waals surface area (Å²) in [6, 6.07) is 7.56. The first-order valence-corrected chi connectivity index (χ1v) is 9.82. The van der Waals surface area contributed by atoms with Crippen molar-refractivity contribution in [1.82, 2.24) is 19.9 Å². The lowest BCUT2D eigenvalue weighted by atomic mass is 10.0. The number of ether oxygens (including phenoxy) is 2. The number of alkyl halides is 3. The molecule has 0 amide bonds. The second kappa shape index (κ2) is 8.47. The van der Waals surface area contributed by atoms with E-state index in [4.69, 9.17) is 9.47 Å². The van der Waals surface area contributed by atoms with Gasteiger partial charge in [0.1, 0.15) is 6.07 Å². The van der Waals surface area contributed by atoms with Crippen molar-refractivity contribution in [3.63, 3.8) is 0 Å². The summed E-state index contributed by atoms with van der Waals surface area (Å²) >= 11 is 0. The maximum Gasteiger partial charge on any atom is 0.418 e. The highest BCUT2D eigenvalue weighted by Crippen LogP contribution is 2.41. The van der Waals surface area contributed by atoms with Crippen LogP contribution in [0.4, 0.5) is 13.2 Å². The minimum Gasteiger partial charge on any atom is -0.478 e. The summed E-state index contributed by atoms with van der Waals surface area (Å²) in [6.45, 7) is 3.00. The van der Waals surface area contributed by atoms with Crippen LogP contribution in [-0.4, -0.2) is 27.0 Å². The third kappa shape index (κ3) is 4.01. The molecule has 0 radical (unpaired) electrons. The zero-order valence-corrected chi connectivity index (χ0v) is 18.1. The molecule has 0 bridgehead atoms. The van der Waals surface area contributed by atoms with Crippen LogP contribution in [0, 0.1) is 25.2 Å². The molecular formula is C23H16F3N5O3. The second-order valence-corrected chi connectivity index (χ2v) is 7.28. The van der Waals surface area contributed by atoms with Gasteiger partial charge in [-0.05, 0) is 37.6 Å². The molecule has 0 saturated heterocycles. The van der Waals surface area contributed by atoms with Crippen LogP contribution >= 0.6 is 0 Å². The topological polar surface area (TPSA) is 114 Å². The lowest BCUT2D eigenvalue weighted by Gasteiger charge is -2.18. The summed E-state index contributed by atoms with van der Waals surface area (Å²) in [5.41, 5.74) is -1.07. The number of hydrogen-bond donors (Lipinski definition) is 1. The molecule has 0 aliphatic carbocycles. The van der Waals surface area contributed by atoms with E-state index in [2.05, 4.69) is 19.9 Å². The molecule has 172 valence electrons. The maximum absolute atomic E-state index is 13.7. The Labute approximate surface area is 190 Å². The van der Waals surface area contributed by atoms with Crippen molar-refractivity contribution in [1.29, 1.82) is 5.26 Å². The molecule has 0 atom stereocenters. The third-order valence-electron chi connectivity index (χ3n) is 5.09. The number of pyridine rings is 4. The number of H-pyrrole nitrogens is 1. The molecule has 34 heavy (non-hydrogen) atoms. The van der Waals surface area contributed by atoms with E-state index >= 15 is 0 Å². The molecule has 0 fully saturated rings. The Morgan fingerprint density at radius 1 is 1.12 bits per heavy atom. The van der Waals surface area contributed by atoms with Gasteiger partial charge in [-0.3, -0.25) is 4.79 Å². The van der Waals surface area contributed by atoms with Gasteiger partial charge in [0.2, 0.25) is 5.88 Å². The number of nitriles is 1. The highest BCUT2D eigenvalue weighted by molar-refractivity contribution is 5.86. The number of methoxy groups -OCH3 is 1. The van der Waals surface area contributed by atoms with E-state index in [0.29, 0.717) is 11.9 Å². The van der Waals surface area contributed by atoms with Crippen molar-refractivity contribution in [2.45, 2.75) is 20.0 Å².